The van der Waals surface area contributed by atoms with E-state index < -0.39 is 118 Å². The number of aliphatic hydroxyl groups is 8. The highest BCUT2D eigenvalue weighted by Crippen LogP contribution is 2.47. The molecule has 18 nitrogen and oxygen atoms in total. The summed E-state index contributed by atoms with van der Waals surface area (Å²) in [4.78, 5) is 67.7. The lowest BCUT2D eigenvalue weighted by Gasteiger charge is -2.47. The number of rotatable bonds is 7. The summed E-state index contributed by atoms with van der Waals surface area (Å²) < 4.78 is 23.3. The smallest absolute Gasteiger partial charge is 0.309 e. The highest BCUT2D eigenvalue weighted by atomic mass is 16.6. The molecule has 18 heteroatoms. The van der Waals surface area contributed by atoms with Crippen LogP contribution in [0, 0.1) is 118 Å². The van der Waals surface area contributed by atoms with E-state index in [2.05, 4.69) is 69.2 Å². The number of likely N-dealkylation sites (N-methyl/N-ethyl adjacent to an activating group) is 1. The molecule has 560 valence electrons. The van der Waals surface area contributed by atoms with Gasteiger partial charge in [0.2, 0.25) is 0 Å². The van der Waals surface area contributed by atoms with Gasteiger partial charge in [-0.25, -0.2) is 0 Å². The average molecular weight is 1360 g/mol. The van der Waals surface area contributed by atoms with Crippen LogP contribution in [0.2, 0.25) is 0 Å². The summed E-state index contributed by atoms with van der Waals surface area (Å²) in [7, 11) is 3.60. The molecule has 0 saturated carbocycles. The molecule has 95 heavy (non-hydrogen) atoms. The van der Waals surface area contributed by atoms with Gasteiger partial charge in [-0.15, -0.1) is 0 Å². The first kappa shape index (κ1) is 90.4. The average Bonchev–Trinajstić information content (AvgIpc) is 1.36. The van der Waals surface area contributed by atoms with Gasteiger partial charge in [-0.05, 0) is 171 Å². The van der Waals surface area contributed by atoms with Gasteiger partial charge in [0, 0.05) is 43.4 Å². The predicted molar refractivity (Wildman–Crippen MR) is 376 cm³/mol. The molecule has 0 unspecified atom stereocenters. The van der Waals surface area contributed by atoms with E-state index in [0.717, 1.165) is 0 Å². The van der Waals surface area contributed by atoms with E-state index in [4.69, 9.17) is 18.9 Å². The maximum atomic E-state index is 13.3. The fraction of sp³-hybridized carbons (Fsp3) is 0.935. The molecule has 0 aromatic rings. The summed E-state index contributed by atoms with van der Waals surface area (Å²) in [5.41, 5.74) is -7.73. The number of ether oxygens (including phenoxy) is 4. The van der Waals surface area contributed by atoms with Crippen LogP contribution in [0.25, 0.3) is 0 Å². The van der Waals surface area contributed by atoms with E-state index in [0.29, 0.717) is 38.6 Å². The third kappa shape index (κ3) is 21.7. The van der Waals surface area contributed by atoms with Crippen molar-refractivity contribution in [3.05, 3.63) is 0 Å². The lowest BCUT2D eigenvalue weighted by atomic mass is 9.64. The second kappa shape index (κ2) is 36.3. The van der Waals surface area contributed by atoms with Crippen LogP contribution >= 0.6 is 0 Å². The number of aliphatic hydroxyl groups excluding tert-OH is 3. The highest BCUT2D eigenvalue weighted by Gasteiger charge is 2.53. The molecule has 3 aliphatic rings. The Morgan fingerprint density at radius 1 is 0.432 bits per heavy atom. The third-order valence-corrected chi connectivity index (χ3v) is 24.8. The summed E-state index contributed by atoms with van der Waals surface area (Å²) in [5.74, 6) is -4.45. The second-order valence-electron chi connectivity index (χ2n) is 33.7. The Balaban J connectivity index is 0.000000713. The maximum Gasteiger partial charge on any atom is 0.309 e. The minimum absolute atomic E-state index is 0.00797. The van der Waals surface area contributed by atoms with Crippen LogP contribution in [0.5, 0.6) is 0 Å². The van der Waals surface area contributed by atoms with Gasteiger partial charge in [-0.1, -0.05) is 159 Å². The summed E-state index contributed by atoms with van der Waals surface area (Å²) in [5, 5.41) is 89.6. The molecule has 8 N–H and O–H groups in total. The van der Waals surface area contributed by atoms with Crippen LogP contribution in [0.3, 0.4) is 0 Å². The van der Waals surface area contributed by atoms with Crippen LogP contribution < -0.4 is 0 Å². The SMILES string of the molecule is CC[C@H]1OC(=O)[C@H](C)[C@@H](C)[C@H](C)[C@@H](C(C)C)[C@](C)(O)C[C@@H](C)C(=O)[C@H](C)[C@@H](O)[C@]1(C)O.CC[C@H]1OC(=O)[C@H](C)[C@@H](C)[C@H](C)[C@@H](C(C)C)[C@](C)(O)C[C@@H](C)CN(C)[C@H](C)[C@@H](O)[C@]1(C)O.CC[C@H]1OC(=O)[C@H](C)[C@@H](C)[C@H](C)[C@@H](C(C)C)[C@](C)(OC)C[C@@H](C)C(=O)[C@H](C)[C@@H](O)[C@]1(C)O. The van der Waals surface area contributed by atoms with Gasteiger partial charge in [0.15, 0.2) is 0 Å². The van der Waals surface area contributed by atoms with E-state index in [-0.39, 0.29) is 113 Å². The molecule has 0 spiro atoms. The van der Waals surface area contributed by atoms with Gasteiger partial charge in [0.25, 0.3) is 0 Å². The Morgan fingerprint density at radius 3 is 0.989 bits per heavy atom. The van der Waals surface area contributed by atoms with Crippen LogP contribution in [0.1, 0.15) is 246 Å². The number of methoxy groups -OCH3 is 1. The van der Waals surface area contributed by atoms with Crippen molar-refractivity contribution in [3.63, 3.8) is 0 Å². The van der Waals surface area contributed by atoms with Gasteiger partial charge in [-0.2, -0.15) is 0 Å². The molecule has 0 bridgehead atoms. The number of ketones is 2. The minimum Gasteiger partial charge on any atom is -0.459 e. The monoisotopic (exact) mass is 1360 g/mol. The molecular weight excluding hydrogens is 1210 g/mol. The zero-order chi connectivity index (χ0) is 74.8. The van der Waals surface area contributed by atoms with Gasteiger partial charge in [-0.3, -0.25) is 24.0 Å². The van der Waals surface area contributed by atoms with Crippen LogP contribution in [0.4, 0.5) is 0 Å². The first-order valence-electron chi connectivity index (χ1n) is 36.6. The van der Waals surface area contributed by atoms with E-state index in [9.17, 15) is 64.8 Å². The quantitative estimate of drug-likeness (QED) is 0.0868. The van der Waals surface area contributed by atoms with Gasteiger partial charge in [0.05, 0.1) is 46.8 Å². The zero-order valence-corrected chi connectivity index (χ0v) is 65.7. The Hall–Kier alpha value is -2.65. The normalized spacial score (nSPS) is 46.1. The van der Waals surface area contributed by atoms with Crippen molar-refractivity contribution in [1.29, 1.82) is 0 Å². The Morgan fingerprint density at radius 2 is 0.705 bits per heavy atom. The molecule has 30 atom stereocenters. The van der Waals surface area contributed by atoms with Crippen LogP contribution in [-0.4, -0.2) is 172 Å². The number of hydrogen-bond acceptors (Lipinski definition) is 18. The predicted octanol–water partition coefficient (Wildman–Crippen LogP) is 11.6. The standard InChI is InChI=1S/C26H51NO5.C26H48O6.C25H46O6/c1-12-21-26(10,31)23(28)20(8)27(11)14-16(4)13-25(9,30)22(15(2)3)18(6)17(5)19(7)24(29)32-21;1-12-20-26(10,30)23(28)19(8)22(27)15(4)13-25(9,31-11)21(14(2)3)17(6)16(5)18(7)24(29)32-20;1-11-19-25(10,30)22(27)18(8)21(26)14(4)12-24(9,29)20(13(2)3)16(6)15(5)17(7)23(28)31-19/h15-23,28,30-31H,12-14H2,1-11H3;14-21,23,28,30H,12-13H2,1-11H3;13-20,22,27,29-30H,11-12H2,1-10H3/t16-,17+,18+,19-,20-,21-,22-,23-,25-,26-;15-,16+,17+,18-,19+,20-,21-,23-,25-,26-;14-,15+,16+,17-,18+,19-,20-,22-,24-,25-/m111/s1. The van der Waals surface area contributed by atoms with Gasteiger partial charge in [0.1, 0.15) is 52.8 Å². The van der Waals surface area contributed by atoms with E-state index >= 15 is 0 Å². The molecule has 3 aliphatic heterocycles. The Labute approximate surface area is 577 Å². The summed E-state index contributed by atoms with van der Waals surface area (Å²) in [6.45, 7) is 57.8. The Kier molecular flexibility index (Phi) is 34.5. The number of carbonyl (C=O) groups is 5. The topological polar surface area (TPSA) is 287 Å². The zero-order valence-electron chi connectivity index (χ0n) is 65.7. The van der Waals surface area contributed by atoms with Crippen molar-refractivity contribution in [3.8, 4) is 0 Å². The number of nitrogens with zero attached hydrogens (tertiary/aromatic N) is 1. The fourth-order valence-corrected chi connectivity index (χ4v) is 18.2. The number of carbonyl (C=O) groups excluding carboxylic acids is 5. The lowest BCUT2D eigenvalue weighted by Crippen LogP contribution is -2.59. The van der Waals surface area contributed by atoms with Crippen molar-refractivity contribution >= 4 is 29.5 Å². The van der Waals surface area contributed by atoms with Crippen molar-refractivity contribution in [2.45, 2.75) is 323 Å². The second-order valence-corrected chi connectivity index (χ2v) is 33.7. The molecule has 3 fully saturated rings. The third-order valence-electron chi connectivity index (χ3n) is 24.8. The molecule has 3 saturated heterocycles. The van der Waals surface area contributed by atoms with Crippen molar-refractivity contribution in [2.24, 2.45) is 118 Å². The number of cyclic esters (lactones) is 3. The van der Waals surface area contributed by atoms with Gasteiger partial charge < -0.3 is 64.7 Å². The number of hydrogen-bond donors (Lipinski definition) is 8. The highest BCUT2D eigenvalue weighted by molar-refractivity contribution is 5.84. The summed E-state index contributed by atoms with van der Waals surface area (Å²) in [6, 6.07) is -0.355. The molecular formula is C77H145NO17. The van der Waals surface area contributed by atoms with E-state index in [1.54, 1.807) is 55.6 Å². The summed E-state index contributed by atoms with van der Waals surface area (Å²) in [6.07, 6.45) is -4.10. The maximum absolute atomic E-state index is 13.3. The molecule has 3 rings (SSSR count). The molecule has 0 aliphatic carbocycles. The number of Topliss-reactive ketones (excluding diaryl/α,β-unsaturated/α-hetero) is 2. The molecule has 0 aromatic heterocycles. The van der Waals surface area contributed by atoms with Crippen LogP contribution in [-0.2, 0) is 42.9 Å². The van der Waals surface area contributed by atoms with Crippen molar-refractivity contribution in [1.82, 2.24) is 4.90 Å². The first-order valence-corrected chi connectivity index (χ1v) is 36.6. The largest absolute Gasteiger partial charge is 0.459 e. The molecule has 0 aromatic carbocycles. The molecule has 0 amide bonds. The van der Waals surface area contributed by atoms with E-state index in [1.807, 2.05) is 88.1 Å². The fourth-order valence-electron chi connectivity index (χ4n) is 18.2. The lowest BCUT2D eigenvalue weighted by molar-refractivity contribution is -0.193. The molecule has 0 radical (unpaired) electrons. The van der Waals surface area contributed by atoms with Crippen molar-refractivity contribution in [2.75, 3.05) is 20.7 Å². The minimum atomic E-state index is -1.78. The summed E-state index contributed by atoms with van der Waals surface area (Å²) >= 11 is 0. The van der Waals surface area contributed by atoms with Crippen LogP contribution in [0.15, 0.2) is 0 Å². The Bertz CT molecular complexity index is 2390. The van der Waals surface area contributed by atoms with E-state index in [1.165, 1.54) is 13.8 Å². The van der Waals surface area contributed by atoms with Gasteiger partial charge >= 0.3 is 17.9 Å². The first-order chi connectivity index (χ1) is 43.0. The molecule has 3 heterocycles. The van der Waals surface area contributed by atoms with Crippen molar-refractivity contribution < 1.29 is 83.8 Å². The number of esters is 3.